The van der Waals surface area contributed by atoms with Crippen molar-refractivity contribution in [3.05, 3.63) is 18.2 Å². The molecule has 0 saturated carbocycles. The summed E-state index contributed by atoms with van der Waals surface area (Å²) in [7, 11) is -1.41. The van der Waals surface area contributed by atoms with Crippen molar-refractivity contribution in [2.75, 3.05) is 31.0 Å². The summed E-state index contributed by atoms with van der Waals surface area (Å²) in [6.45, 7) is 4.26. The Bertz CT molecular complexity index is 513. The zero-order valence-corrected chi connectivity index (χ0v) is 12.6. The first kappa shape index (κ1) is 15.6. The van der Waals surface area contributed by atoms with E-state index in [4.69, 9.17) is 9.47 Å². The highest BCUT2D eigenvalue weighted by molar-refractivity contribution is 7.90. The predicted octanol–water partition coefficient (Wildman–Crippen LogP) is 1.94. The highest BCUT2D eigenvalue weighted by atomic mass is 32.2. The van der Waals surface area contributed by atoms with E-state index in [1.807, 2.05) is 19.9 Å². The van der Waals surface area contributed by atoms with Gasteiger partial charge >= 0.3 is 0 Å². The molecular weight excluding hydrogens is 266 g/mol. The molecule has 5 nitrogen and oxygen atoms in total. The van der Waals surface area contributed by atoms with Crippen molar-refractivity contribution in [3.63, 3.8) is 0 Å². The van der Waals surface area contributed by atoms with Gasteiger partial charge in [-0.1, -0.05) is 0 Å². The number of nitrogens with one attached hydrogen (secondary N) is 1. The molecule has 1 atom stereocenters. The first-order valence-corrected chi connectivity index (χ1v) is 8.17. The van der Waals surface area contributed by atoms with Crippen molar-refractivity contribution in [1.82, 2.24) is 0 Å². The Morgan fingerprint density at radius 2 is 2.00 bits per heavy atom. The summed E-state index contributed by atoms with van der Waals surface area (Å²) >= 11 is 0. The Hall–Kier alpha value is -1.43. The smallest absolute Gasteiger partial charge is 0.163 e. The Kier molecular flexibility index (Phi) is 5.47. The van der Waals surface area contributed by atoms with Crippen LogP contribution in [0.1, 0.15) is 13.8 Å². The molecular formula is C13H21NO4S. The monoisotopic (exact) mass is 287 g/mol. The van der Waals surface area contributed by atoms with Crippen molar-refractivity contribution >= 4 is 15.5 Å². The van der Waals surface area contributed by atoms with Crippen LogP contribution in [-0.2, 0) is 9.84 Å². The van der Waals surface area contributed by atoms with Gasteiger partial charge in [-0.15, -0.1) is 0 Å². The van der Waals surface area contributed by atoms with Gasteiger partial charge in [-0.25, -0.2) is 8.42 Å². The molecule has 0 heterocycles. The molecule has 19 heavy (non-hydrogen) atoms. The standard InChI is InChI=1S/C13H21NO4S/c1-5-18-13-8-11(6-7-12(13)17-3)14-10(2)9-19(4,15)16/h6-8,10,14H,5,9H2,1-4H3. The van der Waals surface area contributed by atoms with Crippen LogP contribution in [0.4, 0.5) is 5.69 Å². The molecule has 0 aromatic heterocycles. The summed E-state index contributed by atoms with van der Waals surface area (Å²) in [6, 6.07) is 5.26. The number of rotatable bonds is 7. The Morgan fingerprint density at radius 3 is 2.53 bits per heavy atom. The van der Waals surface area contributed by atoms with Crippen LogP contribution in [0.3, 0.4) is 0 Å². The van der Waals surface area contributed by atoms with Crippen molar-refractivity contribution in [2.45, 2.75) is 19.9 Å². The predicted molar refractivity (Wildman–Crippen MR) is 77.0 cm³/mol. The van der Waals surface area contributed by atoms with Crippen LogP contribution in [0, 0.1) is 0 Å². The fourth-order valence-corrected chi connectivity index (χ4v) is 2.81. The molecule has 0 spiro atoms. The molecule has 1 aromatic carbocycles. The summed E-state index contributed by atoms with van der Waals surface area (Å²) < 4.78 is 33.1. The number of ether oxygens (including phenoxy) is 2. The van der Waals surface area contributed by atoms with E-state index >= 15 is 0 Å². The molecule has 0 amide bonds. The number of hydrogen-bond acceptors (Lipinski definition) is 5. The molecule has 0 bridgehead atoms. The molecule has 0 fully saturated rings. The average Bonchev–Trinajstić information content (AvgIpc) is 2.27. The Balaban J connectivity index is 2.81. The lowest BCUT2D eigenvalue weighted by molar-refractivity contribution is 0.311. The molecule has 1 unspecified atom stereocenters. The number of hydrogen-bond donors (Lipinski definition) is 1. The van der Waals surface area contributed by atoms with Crippen molar-refractivity contribution in [2.24, 2.45) is 0 Å². The van der Waals surface area contributed by atoms with Crippen molar-refractivity contribution in [3.8, 4) is 11.5 Å². The van der Waals surface area contributed by atoms with Crippen LogP contribution in [-0.4, -0.2) is 40.2 Å². The van der Waals surface area contributed by atoms with E-state index in [1.165, 1.54) is 6.26 Å². The third kappa shape index (κ3) is 5.38. The minimum Gasteiger partial charge on any atom is -0.493 e. The summed E-state index contributed by atoms with van der Waals surface area (Å²) in [4.78, 5) is 0. The number of sulfone groups is 1. The lowest BCUT2D eigenvalue weighted by atomic mass is 10.2. The first-order chi connectivity index (χ1) is 8.85. The zero-order valence-electron chi connectivity index (χ0n) is 11.8. The molecule has 0 aliphatic carbocycles. The third-order valence-electron chi connectivity index (χ3n) is 2.43. The van der Waals surface area contributed by atoms with Gasteiger partial charge in [0.05, 0.1) is 19.5 Å². The van der Waals surface area contributed by atoms with Gasteiger partial charge in [0.1, 0.15) is 9.84 Å². The summed E-state index contributed by atoms with van der Waals surface area (Å²) in [5, 5.41) is 3.13. The highest BCUT2D eigenvalue weighted by Gasteiger charge is 2.11. The van der Waals surface area contributed by atoms with Crippen molar-refractivity contribution < 1.29 is 17.9 Å². The van der Waals surface area contributed by atoms with Crippen LogP contribution >= 0.6 is 0 Å². The normalized spacial score (nSPS) is 12.8. The zero-order chi connectivity index (χ0) is 14.5. The fourth-order valence-electron chi connectivity index (χ4n) is 1.82. The largest absolute Gasteiger partial charge is 0.493 e. The molecule has 1 N–H and O–H groups in total. The lowest BCUT2D eigenvalue weighted by Gasteiger charge is -2.16. The molecule has 108 valence electrons. The minimum absolute atomic E-state index is 0.0863. The Morgan fingerprint density at radius 1 is 1.32 bits per heavy atom. The minimum atomic E-state index is -3.00. The van der Waals surface area contributed by atoms with Crippen LogP contribution in [0.5, 0.6) is 11.5 Å². The van der Waals surface area contributed by atoms with Crippen molar-refractivity contribution in [1.29, 1.82) is 0 Å². The molecule has 1 aromatic rings. The lowest BCUT2D eigenvalue weighted by Crippen LogP contribution is -2.24. The van der Waals surface area contributed by atoms with E-state index in [2.05, 4.69) is 5.32 Å². The number of benzene rings is 1. The fraction of sp³-hybridized carbons (Fsp3) is 0.538. The van der Waals surface area contributed by atoms with E-state index in [9.17, 15) is 8.42 Å². The molecule has 1 rings (SSSR count). The number of anilines is 1. The maximum atomic E-state index is 11.2. The van der Waals surface area contributed by atoms with Gasteiger partial charge in [0.15, 0.2) is 11.5 Å². The molecule has 0 saturated heterocycles. The molecule has 0 aliphatic heterocycles. The SMILES string of the molecule is CCOc1cc(NC(C)CS(C)(=O)=O)ccc1OC. The maximum absolute atomic E-state index is 11.2. The van der Waals surface area contributed by atoms with E-state index in [1.54, 1.807) is 19.2 Å². The summed E-state index contributed by atoms with van der Waals surface area (Å²) in [5.41, 5.74) is 0.806. The van der Waals surface area contributed by atoms with Crippen LogP contribution in [0.2, 0.25) is 0 Å². The maximum Gasteiger partial charge on any atom is 0.163 e. The summed E-state index contributed by atoms with van der Waals surface area (Å²) in [5.74, 6) is 1.38. The molecule has 0 radical (unpaired) electrons. The quantitative estimate of drug-likeness (QED) is 0.830. The second kappa shape index (κ2) is 6.65. The van der Waals surface area contributed by atoms with Gasteiger partial charge in [0, 0.05) is 24.1 Å². The second-order valence-electron chi connectivity index (χ2n) is 4.44. The van der Waals surface area contributed by atoms with Crippen LogP contribution in [0.25, 0.3) is 0 Å². The van der Waals surface area contributed by atoms with Gasteiger partial charge in [-0.2, -0.15) is 0 Å². The number of methoxy groups -OCH3 is 1. The van der Waals surface area contributed by atoms with Gasteiger partial charge in [-0.3, -0.25) is 0 Å². The topological polar surface area (TPSA) is 64.6 Å². The van der Waals surface area contributed by atoms with Gasteiger partial charge in [-0.05, 0) is 26.0 Å². The van der Waals surface area contributed by atoms with Gasteiger partial charge < -0.3 is 14.8 Å². The molecule has 0 aliphatic rings. The van der Waals surface area contributed by atoms with Gasteiger partial charge in [0.2, 0.25) is 0 Å². The Labute approximate surface area is 114 Å². The van der Waals surface area contributed by atoms with E-state index in [0.29, 0.717) is 18.1 Å². The van der Waals surface area contributed by atoms with Gasteiger partial charge in [0.25, 0.3) is 0 Å². The van der Waals surface area contributed by atoms with E-state index in [0.717, 1.165) is 5.69 Å². The van der Waals surface area contributed by atoms with Crippen LogP contribution in [0.15, 0.2) is 18.2 Å². The second-order valence-corrected chi connectivity index (χ2v) is 6.62. The third-order valence-corrected chi connectivity index (χ3v) is 3.53. The van der Waals surface area contributed by atoms with E-state index in [-0.39, 0.29) is 11.8 Å². The first-order valence-electron chi connectivity index (χ1n) is 6.10. The summed E-state index contributed by atoms with van der Waals surface area (Å²) in [6.07, 6.45) is 1.23. The van der Waals surface area contributed by atoms with E-state index < -0.39 is 9.84 Å². The van der Waals surface area contributed by atoms with Crippen LogP contribution < -0.4 is 14.8 Å². The highest BCUT2D eigenvalue weighted by Crippen LogP contribution is 2.30. The molecule has 6 heteroatoms. The average molecular weight is 287 g/mol.